The summed E-state index contributed by atoms with van der Waals surface area (Å²) in [4.78, 5) is 38.7. The van der Waals surface area contributed by atoms with Crippen LogP contribution in [0.15, 0.2) is 12.2 Å². The molecular weight excluding hydrogens is 236 g/mol. The maximum Gasteiger partial charge on any atom is 1.00 e. The van der Waals surface area contributed by atoms with E-state index in [9.17, 15) is 29.4 Å². The van der Waals surface area contributed by atoms with Crippen molar-refractivity contribution in [3.63, 3.8) is 0 Å². The van der Waals surface area contributed by atoms with Gasteiger partial charge in [0.25, 0.3) is 0 Å². The van der Waals surface area contributed by atoms with E-state index in [1.807, 2.05) is 0 Å². The van der Waals surface area contributed by atoms with E-state index >= 15 is 0 Å². The highest BCUT2D eigenvalue weighted by atomic mass is 16.4. The topological polar surface area (TPSA) is 155 Å². The van der Waals surface area contributed by atoms with Crippen molar-refractivity contribution in [3.05, 3.63) is 12.2 Å². The molecule has 0 aromatic heterocycles. The Morgan fingerprint density at radius 2 is 1.35 bits per heavy atom. The lowest BCUT2D eigenvalue weighted by Crippen LogP contribution is -2.29. The zero-order valence-electron chi connectivity index (χ0n) is 10.7. The van der Waals surface area contributed by atoms with E-state index in [-0.39, 0.29) is 15.7 Å². The molecule has 8 heteroatoms. The Labute approximate surface area is 98.8 Å². The number of carboxylic acids is 4. The van der Waals surface area contributed by atoms with Gasteiger partial charge >= 0.3 is 14.8 Å². The number of aliphatic carboxylic acids is 4. The Balaban J connectivity index is -0.000000108. The predicted octanol–water partition coefficient (Wildman–Crippen LogP) is -2.41. The van der Waals surface area contributed by atoms with E-state index in [0.717, 1.165) is 0 Å². The van der Waals surface area contributed by atoms with Crippen LogP contribution in [0, 0.1) is 0 Å². The Morgan fingerprint density at radius 3 is 1.47 bits per heavy atom. The number of carboxylic acid groups (broad SMARTS) is 4. The molecule has 0 aliphatic rings. The smallest absolute Gasteiger partial charge is 0.550 e. The maximum absolute atomic E-state index is 9.73. The third kappa shape index (κ3) is 16.3. The number of carbonyl (C=O) groups excluding carboxylic acids is 2. The first-order chi connectivity index (χ1) is 7.66. The summed E-state index contributed by atoms with van der Waals surface area (Å²) in [6, 6.07) is 0. The van der Waals surface area contributed by atoms with Crippen molar-refractivity contribution in [2.24, 2.45) is 0 Å². The molecule has 0 aromatic carbocycles. The number of carbonyl (C=O) groups is 4. The molecule has 0 spiro atoms. The van der Waals surface area contributed by atoms with Gasteiger partial charge in [0.15, 0.2) is 0 Å². The highest BCUT2D eigenvalue weighted by Gasteiger charge is 2.00. The van der Waals surface area contributed by atoms with Crippen molar-refractivity contribution in [1.82, 2.24) is 0 Å². The van der Waals surface area contributed by atoms with Crippen LogP contribution in [0.4, 0.5) is 0 Å². The lowest BCUT2D eigenvalue weighted by Gasteiger charge is -2.05. The minimum Gasteiger partial charge on any atom is -0.550 e. The Bertz CT molecular complexity index is 325. The fourth-order valence-corrected chi connectivity index (χ4v) is 0.460. The summed E-state index contributed by atoms with van der Waals surface area (Å²) < 4.78 is 0. The van der Waals surface area contributed by atoms with Gasteiger partial charge in [-0.15, -0.1) is 0 Å². The molecule has 0 saturated heterocycles. The van der Waals surface area contributed by atoms with Crippen molar-refractivity contribution in [3.8, 4) is 0 Å². The molecule has 0 fully saturated rings. The normalized spacial score (nSPS) is 8.47. The first kappa shape index (κ1) is 17.0. The van der Waals surface area contributed by atoms with Crippen LogP contribution in [0.25, 0.3) is 0 Å². The van der Waals surface area contributed by atoms with Gasteiger partial charge in [0.2, 0.25) is 0 Å². The first-order valence-electron chi connectivity index (χ1n) is 4.19. The van der Waals surface area contributed by atoms with Crippen LogP contribution >= 0.6 is 0 Å². The molecule has 0 aromatic rings. The first-order valence-corrected chi connectivity index (χ1v) is 4.19. The second-order valence-corrected chi connectivity index (χ2v) is 2.73. The van der Waals surface area contributed by atoms with Gasteiger partial charge in [-0.3, -0.25) is 9.59 Å². The van der Waals surface area contributed by atoms with Gasteiger partial charge in [-0.1, -0.05) is 6.58 Å². The van der Waals surface area contributed by atoms with Gasteiger partial charge < -0.3 is 30.0 Å². The molecule has 0 aliphatic heterocycles. The highest BCUT2D eigenvalue weighted by molar-refractivity contribution is 5.89. The van der Waals surface area contributed by atoms with Crippen molar-refractivity contribution in [2.45, 2.75) is 19.3 Å². The molecule has 0 amide bonds. The summed E-state index contributed by atoms with van der Waals surface area (Å²) in [6.45, 7) is 2.91. The Kier molecular flexibility index (Phi) is 8.91. The molecule has 0 atom stereocenters. The maximum atomic E-state index is 9.73. The molecule has 96 valence electrons. The van der Waals surface area contributed by atoms with Gasteiger partial charge in [-0.2, -0.15) is 0 Å². The van der Waals surface area contributed by atoms with Crippen LogP contribution < -0.4 is 10.2 Å². The quantitative estimate of drug-likeness (QED) is 0.492. The van der Waals surface area contributed by atoms with Crippen molar-refractivity contribution in [1.29, 1.82) is 0 Å². The van der Waals surface area contributed by atoms with Crippen molar-refractivity contribution < 1.29 is 42.5 Å². The fraction of sp³-hybridized carbons (Fsp3) is 0.333. The Morgan fingerprint density at radius 1 is 1.00 bits per heavy atom. The van der Waals surface area contributed by atoms with Gasteiger partial charge in [0.1, 0.15) is 0 Å². The molecule has 17 heavy (non-hydrogen) atoms. The van der Waals surface area contributed by atoms with Crippen LogP contribution in [-0.2, 0) is 19.2 Å². The van der Waals surface area contributed by atoms with E-state index in [0.29, 0.717) is 0 Å². The van der Waals surface area contributed by atoms with E-state index in [1.54, 1.807) is 0 Å². The van der Waals surface area contributed by atoms with Gasteiger partial charge in [-0.05, 0) is 5.57 Å². The van der Waals surface area contributed by atoms with E-state index in [2.05, 4.69) is 6.58 Å². The average Bonchev–Trinajstić information content (AvgIpc) is 2.14. The van der Waals surface area contributed by atoms with Gasteiger partial charge in [-0.25, -0.2) is 0 Å². The van der Waals surface area contributed by atoms with Gasteiger partial charge in [0, 0.05) is 12.4 Å². The van der Waals surface area contributed by atoms with Crippen LogP contribution in [0.3, 0.4) is 0 Å². The van der Waals surface area contributed by atoms with Crippen molar-refractivity contribution >= 4 is 23.9 Å². The van der Waals surface area contributed by atoms with Crippen LogP contribution in [0.2, 0.25) is 0 Å². The monoisotopic (exact) mass is 248 g/mol. The van der Waals surface area contributed by atoms with E-state index in [4.69, 9.17) is 10.2 Å². The van der Waals surface area contributed by atoms with Crippen LogP contribution in [0.5, 0.6) is 0 Å². The lowest BCUT2D eigenvalue weighted by molar-refractivity contribution is -0.309. The Hall–Kier alpha value is -2.38. The largest absolute Gasteiger partial charge is 1.00 e. The molecule has 0 rings (SSSR count). The number of rotatable bonds is 6. The van der Waals surface area contributed by atoms with Crippen LogP contribution in [-0.4, -0.2) is 34.1 Å². The average molecular weight is 248 g/mol. The molecule has 0 radical (unpaired) electrons. The molecule has 0 unspecified atom stereocenters. The standard InChI is InChI=1S/C5H6O4.C4H6O4/c1-3(5(8)9)2-4(6)7;5-3(6)1-2-4(7)8/h1-2H2,(H,6,7)(H,8,9);1-2H2,(H,5,6)(H,7,8). The van der Waals surface area contributed by atoms with E-state index in [1.165, 1.54) is 0 Å². The van der Waals surface area contributed by atoms with E-state index < -0.39 is 35.9 Å². The van der Waals surface area contributed by atoms with Gasteiger partial charge in [0.05, 0.1) is 18.8 Å². The zero-order chi connectivity index (χ0) is 14.0. The highest BCUT2D eigenvalue weighted by Crippen LogP contribution is 1.92. The summed E-state index contributed by atoms with van der Waals surface area (Å²) >= 11 is 0. The summed E-state index contributed by atoms with van der Waals surface area (Å²) in [5.74, 6) is -5.18. The summed E-state index contributed by atoms with van der Waals surface area (Å²) in [5.41, 5.74) is -0.477. The van der Waals surface area contributed by atoms with Crippen molar-refractivity contribution in [2.75, 3.05) is 0 Å². The zero-order valence-corrected chi connectivity index (χ0v) is 8.67. The predicted molar refractivity (Wildman–Crippen MR) is 50.5 cm³/mol. The molecule has 8 nitrogen and oxygen atoms in total. The minimum absolute atomic E-state index is 0. The third-order valence-electron chi connectivity index (χ3n) is 1.20. The molecule has 0 heterocycles. The summed E-state index contributed by atoms with van der Waals surface area (Å²) in [6.07, 6.45) is -1.27. The number of hydrogen-bond acceptors (Lipinski definition) is 6. The molecule has 0 bridgehead atoms. The summed E-state index contributed by atoms with van der Waals surface area (Å²) in [7, 11) is 0. The second-order valence-electron chi connectivity index (χ2n) is 2.73. The number of hydrogen-bond donors (Lipinski definition) is 2. The molecular formula is C9H12O8. The molecule has 2 N–H and O–H groups in total. The lowest BCUT2D eigenvalue weighted by atomic mass is 10.2. The fourth-order valence-electron chi connectivity index (χ4n) is 0.460. The molecule has 0 aliphatic carbocycles. The van der Waals surface area contributed by atoms with Crippen LogP contribution in [0.1, 0.15) is 22.1 Å². The second kappa shape index (κ2) is 8.89. The SMILES string of the molecule is C=C(CC(=O)[O-])C(=O)[O-].O=C(O)CCC(=O)O.[H+].[H+]. The molecule has 0 saturated carbocycles. The third-order valence-corrected chi connectivity index (χ3v) is 1.20. The summed E-state index contributed by atoms with van der Waals surface area (Å²) in [5, 5.41) is 35.2. The minimum atomic E-state index is -1.56.